The number of alkyl halides is 1. The van der Waals surface area contributed by atoms with E-state index in [0.717, 1.165) is 0 Å². The van der Waals surface area contributed by atoms with E-state index in [-0.39, 0.29) is 17.5 Å². The molecule has 0 spiro atoms. The molecule has 0 aliphatic rings. The van der Waals surface area contributed by atoms with Crippen LogP contribution in [-0.2, 0) is 5.88 Å². The van der Waals surface area contributed by atoms with Gasteiger partial charge in [0.25, 0.3) is 11.6 Å². The Morgan fingerprint density at radius 2 is 2.29 bits per heavy atom. The molecule has 1 aromatic carbocycles. The Balaban J connectivity index is 2.52. The summed E-state index contributed by atoms with van der Waals surface area (Å²) in [5.74, 6) is 0.728. The highest BCUT2D eigenvalue weighted by molar-refractivity contribution is 6.16. The molecule has 6 nitrogen and oxygen atoms in total. The van der Waals surface area contributed by atoms with Crippen LogP contribution < -0.4 is 0 Å². The van der Waals surface area contributed by atoms with Crippen molar-refractivity contribution in [2.24, 2.45) is 0 Å². The lowest BCUT2D eigenvalue weighted by molar-refractivity contribution is -0.385. The van der Waals surface area contributed by atoms with Gasteiger partial charge in [-0.2, -0.15) is 4.98 Å². The summed E-state index contributed by atoms with van der Waals surface area (Å²) < 4.78 is 4.99. The number of halogens is 1. The Morgan fingerprint density at radius 3 is 2.88 bits per heavy atom. The number of nitro groups is 1. The van der Waals surface area contributed by atoms with Gasteiger partial charge in [-0.05, 0) is 13.0 Å². The quantitative estimate of drug-likeness (QED) is 0.477. The third kappa shape index (κ3) is 2.12. The van der Waals surface area contributed by atoms with E-state index in [1.807, 2.05) is 0 Å². The standard InChI is InChI=1S/C10H8ClN3O3/c1-6-7(3-2-4-8(6)14(15)16)10-12-9(5-11)13-17-10/h2-4H,5H2,1H3. The lowest BCUT2D eigenvalue weighted by Crippen LogP contribution is -1.93. The fourth-order valence-electron chi connectivity index (χ4n) is 1.47. The highest BCUT2D eigenvalue weighted by atomic mass is 35.5. The second-order valence-corrected chi connectivity index (χ2v) is 3.62. The molecular weight excluding hydrogens is 246 g/mol. The summed E-state index contributed by atoms with van der Waals surface area (Å²) in [4.78, 5) is 14.4. The van der Waals surface area contributed by atoms with Crippen molar-refractivity contribution in [2.75, 3.05) is 0 Å². The van der Waals surface area contributed by atoms with E-state index >= 15 is 0 Å². The van der Waals surface area contributed by atoms with Gasteiger partial charge in [0.15, 0.2) is 5.82 Å². The van der Waals surface area contributed by atoms with Gasteiger partial charge in [-0.3, -0.25) is 10.1 Å². The third-order valence-corrected chi connectivity index (χ3v) is 2.56. The molecule has 1 aromatic heterocycles. The first-order valence-electron chi connectivity index (χ1n) is 4.76. The van der Waals surface area contributed by atoms with Gasteiger partial charge in [0.05, 0.1) is 10.8 Å². The van der Waals surface area contributed by atoms with E-state index in [1.165, 1.54) is 6.07 Å². The first-order chi connectivity index (χ1) is 8.13. The summed E-state index contributed by atoms with van der Waals surface area (Å²) >= 11 is 5.56. The van der Waals surface area contributed by atoms with E-state index in [1.54, 1.807) is 19.1 Å². The molecule has 0 atom stereocenters. The predicted octanol–water partition coefficient (Wildman–Crippen LogP) is 2.69. The van der Waals surface area contributed by atoms with Gasteiger partial charge in [-0.15, -0.1) is 11.6 Å². The molecule has 7 heteroatoms. The van der Waals surface area contributed by atoms with Crippen LogP contribution in [0.1, 0.15) is 11.4 Å². The second-order valence-electron chi connectivity index (χ2n) is 3.36. The van der Waals surface area contributed by atoms with Crippen LogP contribution >= 0.6 is 11.6 Å². The van der Waals surface area contributed by atoms with E-state index < -0.39 is 4.92 Å². The van der Waals surface area contributed by atoms with Gasteiger partial charge < -0.3 is 4.52 Å². The topological polar surface area (TPSA) is 82.1 Å². The van der Waals surface area contributed by atoms with Gasteiger partial charge in [0, 0.05) is 17.2 Å². The normalized spacial score (nSPS) is 10.5. The highest BCUT2D eigenvalue weighted by Crippen LogP contribution is 2.28. The first-order valence-corrected chi connectivity index (χ1v) is 5.30. The van der Waals surface area contributed by atoms with Crippen LogP contribution in [0.3, 0.4) is 0 Å². The molecule has 0 radical (unpaired) electrons. The number of benzene rings is 1. The minimum atomic E-state index is -0.447. The van der Waals surface area contributed by atoms with Gasteiger partial charge >= 0.3 is 0 Å². The molecule has 0 bridgehead atoms. The van der Waals surface area contributed by atoms with Gasteiger partial charge in [0.2, 0.25) is 0 Å². The van der Waals surface area contributed by atoms with Crippen LogP contribution in [0, 0.1) is 17.0 Å². The van der Waals surface area contributed by atoms with Crippen molar-refractivity contribution in [1.29, 1.82) is 0 Å². The number of hydrogen-bond donors (Lipinski definition) is 0. The lowest BCUT2D eigenvalue weighted by Gasteiger charge is -2.00. The molecule has 2 rings (SSSR count). The molecule has 1 heterocycles. The summed E-state index contributed by atoms with van der Waals surface area (Å²) in [7, 11) is 0. The van der Waals surface area contributed by atoms with Crippen molar-refractivity contribution in [3.05, 3.63) is 39.7 Å². The number of rotatable bonds is 3. The van der Waals surface area contributed by atoms with Crippen molar-refractivity contribution in [1.82, 2.24) is 10.1 Å². The van der Waals surface area contributed by atoms with Crippen LogP contribution in [0.2, 0.25) is 0 Å². The van der Waals surface area contributed by atoms with Crippen LogP contribution in [0.15, 0.2) is 22.7 Å². The minimum absolute atomic E-state index is 0.0214. The van der Waals surface area contributed by atoms with Crippen LogP contribution in [0.25, 0.3) is 11.5 Å². The van der Waals surface area contributed by atoms with Crippen LogP contribution in [-0.4, -0.2) is 15.1 Å². The van der Waals surface area contributed by atoms with E-state index in [2.05, 4.69) is 10.1 Å². The number of nitrogens with zero attached hydrogens (tertiary/aromatic N) is 3. The van der Waals surface area contributed by atoms with E-state index in [9.17, 15) is 10.1 Å². The Hall–Kier alpha value is -1.95. The summed E-state index contributed by atoms with van der Waals surface area (Å²) in [5, 5.41) is 14.4. The molecule has 2 aromatic rings. The Bertz CT molecular complexity index is 568. The van der Waals surface area contributed by atoms with Crippen molar-refractivity contribution in [3.8, 4) is 11.5 Å². The molecule has 0 unspecified atom stereocenters. The molecular formula is C10H8ClN3O3. The number of hydrogen-bond acceptors (Lipinski definition) is 5. The smallest absolute Gasteiger partial charge is 0.273 e. The van der Waals surface area contributed by atoms with Crippen LogP contribution in [0.4, 0.5) is 5.69 Å². The summed E-state index contributed by atoms with van der Waals surface area (Å²) in [6.07, 6.45) is 0. The Labute approximate surface area is 101 Å². The molecule has 0 aliphatic heterocycles. The Kier molecular flexibility index (Phi) is 3.06. The molecule has 0 amide bonds. The third-order valence-electron chi connectivity index (χ3n) is 2.32. The van der Waals surface area contributed by atoms with Crippen molar-refractivity contribution >= 4 is 17.3 Å². The average Bonchev–Trinajstić information content (AvgIpc) is 2.77. The van der Waals surface area contributed by atoms with E-state index in [4.69, 9.17) is 16.1 Å². The van der Waals surface area contributed by atoms with Crippen molar-refractivity contribution < 1.29 is 9.45 Å². The van der Waals surface area contributed by atoms with Crippen molar-refractivity contribution in [3.63, 3.8) is 0 Å². The van der Waals surface area contributed by atoms with Crippen molar-refractivity contribution in [2.45, 2.75) is 12.8 Å². The fraction of sp³-hybridized carbons (Fsp3) is 0.200. The molecule has 88 valence electrons. The minimum Gasteiger partial charge on any atom is -0.334 e. The van der Waals surface area contributed by atoms with Gasteiger partial charge in [-0.1, -0.05) is 11.2 Å². The molecule has 17 heavy (non-hydrogen) atoms. The second kappa shape index (κ2) is 4.50. The van der Waals surface area contributed by atoms with Gasteiger partial charge in [-0.25, -0.2) is 0 Å². The summed E-state index contributed by atoms with van der Waals surface area (Å²) in [6.45, 7) is 1.64. The SMILES string of the molecule is Cc1c(-c2nc(CCl)no2)cccc1[N+](=O)[O-]. The fourth-order valence-corrected chi connectivity index (χ4v) is 1.58. The predicted molar refractivity (Wildman–Crippen MR) is 60.7 cm³/mol. The lowest BCUT2D eigenvalue weighted by atomic mass is 10.1. The number of aromatic nitrogens is 2. The summed E-state index contributed by atoms with van der Waals surface area (Å²) in [6, 6.07) is 4.69. The molecule has 0 N–H and O–H groups in total. The largest absolute Gasteiger partial charge is 0.334 e. The van der Waals surface area contributed by atoms with Gasteiger partial charge in [0.1, 0.15) is 0 Å². The maximum Gasteiger partial charge on any atom is 0.273 e. The molecule has 0 aliphatic carbocycles. The maximum atomic E-state index is 10.8. The zero-order chi connectivity index (χ0) is 12.4. The molecule has 0 fully saturated rings. The first kappa shape index (κ1) is 11.5. The monoisotopic (exact) mass is 253 g/mol. The zero-order valence-corrected chi connectivity index (χ0v) is 9.64. The van der Waals surface area contributed by atoms with E-state index in [0.29, 0.717) is 17.0 Å². The number of nitro benzene ring substituents is 1. The maximum absolute atomic E-state index is 10.8. The average molecular weight is 254 g/mol. The summed E-state index contributed by atoms with van der Waals surface area (Å²) in [5.41, 5.74) is 1.05. The highest BCUT2D eigenvalue weighted by Gasteiger charge is 2.18. The zero-order valence-electron chi connectivity index (χ0n) is 8.88. The molecule has 0 saturated carbocycles. The van der Waals surface area contributed by atoms with Crippen LogP contribution in [0.5, 0.6) is 0 Å². The molecule has 0 saturated heterocycles. The Morgan fingerprint density at radius 1 is 1.53 bits per heavy atom.